The molecule has 4 aromatic rings. The van der Waals surface area contributed by atoms with Crippen LogP contribution in [0.2, 0.25) is 4.34 Å². The summed E-state index contributed by atoms with van der Waals surface area (Å²) in [6.07, 6.45) is 4.59. The predicted molar refractivity (Wildman–Crippen MR) is 111 cm³/mol. The molecular weight excluding hydrogens is 436 g/mol. The van der Waals surface area contributed by atoms with E-state index in [0.29, 0.717) is 21.1 Å². The zero-order valence-electron chi connectivity index (χ0n) is 14.9. The van der Waals surface area contributed by atoms with Gasteiger partial charge >= 0.3 is 0 Å². The number of anilines is 1. The monoisotopic (exact) mass is 448 g/mol. The summed E-state index contributed by atoms with van der Waals surface area (Å²) in [5, 5.41) is 0. The van der Waals surface area contributed by atoms with Crippen molar-refractivity contribution in [3.05, 3.63) is 69.7 Å². The van der Waals surface area contributed by atoms with Crippen LogP contribution in [0.15, 0.2) is 64.0 Å². The molecule has 0 aliphatic heterocycles. The number of fused-ring (bicyclic) bond motifs is 1. The molecule has 11 heteroatoms. The van der Waals surface area contributed by atoms with E-state index in [1.807, 2.05) is 0 Å². The number of aromatic nitrogens is 3. The van der Waals surface area contributed by atoms with E-state index in [0.717, 1.165) is 11.3 Å². The minimum Gasteiger partial charge on any atom is -0.480 e. The molecule has 0 radical (unpaired) electrons. The van der Waals surface area contributed by atoms with Crippen LogP contribution >= 0.6 is 22.9 Å². The fourth-order valence-electron chi connectivity index (χ4n) is 2.69. The lowest BCUT2D eigenvalue weighted by atomic mass is 10.1. The Balaban J connectivity index is 1.78. The van der Waals surface area contributed by atoms with Gasteiger partial charge in [-0.3, -0.25) is 13.9 Å². The molecule has 29 heavy (non-hydrogen) atoms. The Bertz CT molecular complexity index is 1380. The van der Waals surface area contributed by atoms with Gasteiger partial charge in [0.05, 0.1) is 11.4 Å². The standard InChI is InChI=1S/C18H13ClN4O4S2/c1-27-18-13(22-29(25,26)17-5-3-14(19)28-17)8-12(9-21-18)11-2-4-15-20-7-6-16(24)23(15)10-11/h2-10,22H,1H3. The number of nitrogens with zero attached hydrogens (tertiary/aromatic N) is 3. The molecule has 0 bridgehead atoms. The Morgan fingerprint density at radius 3 is 2.69 bits per heavy atom. The van der Waals surface area contributed by atoms with Crippen molar-refractivity contribution in [1.29, 1.82) is 0 Å². The lowest BCUT2D eigenvalue weighted by Crippen LogP contribution is -2.13. The topological polar surface area (TPSA) is 103 Å². The maximum Gasteiger partial charge on any atom is 0.271 e. The molecule has 4 rings (SSSR count). The number of hydrogen-bond acceptors (Lipinski definition) is 7. The minimum absolute atomic E-state index is 0.0679. The van der Waals surface area contributed by atoms with E-state index in [1.54, 1.807) is 24.4 Å². The van der Waals surface area contributed by atoms with Crippen molar-refractivity contribution in [2.45, 2.75) is 4.21 Å². The maximum atomic E-state index is 12.7. The summed E-state index contributed by atoms with van der Waals surface area (Å²) in [4.78, 5) is 20.4. The Kier molecular flexibility index (Phi) is 4.99. The molecule has 0 saturated heterocycles. The molecule has 0 spiro atoms. The third-order valence-electron chi connectivity index (χ3n) is 4.02. The van der Waals surface area contributed by atoms with E-state index >= 15 is 0 Å². The van der Waals surface area contributed by atoms with Crippen molar-refractivity contribution in [2.75, 3.05) is 11.8 Å². The van der Waals surface area contributed by atoms with Crippen molar-refractivity contribution in [1.82, 2.24) is 14.4 Å². The molecule has 0 fully saturated rings. The number of methoxy groups -OCH3 is 1. The number of hydrogen-bond donors (Lipinski definition) is 1. The van der Waals surface area contributed by atoms with E-state index in [-0.39, 0.29) is 21.3 Å². The van der Waals surface area contributed by atoms with E-state index < -0.39 is 10.0 Å². The largest absolute Gasteiger partial charge is 0.480 e. The van der Waals surface area contributed by atoms with Crippen LogP contribution < -0.4 is 15.0 Å². The Morgan fingerprint density at radius 2 is 1.97 bits per heavy atom. The Labute approximate surface area is 174 Å². The highest BCUT2D eigenvalue weighted by Crippen LogP contribution is 2.32. The highest BCUT2D eigenvalue weighted by atomic mass is 35.5. The van der Waals surface area contributed by atoms with E-state index in [1.165, 1.54) is 42.1 Å². The zero-order valence-corrected chi connectivity index (χ0v) is 17.3. The fourth-order valence-corrected chi connectivity index (χ4v) is 5.22. The number of sulfonamides is 1. The predicted octanol–water partition coefficient (Wildman–Crippen LogP) is 3.28. The average molecular weight is 449 g/mol. The van der Waals surface area contributed by atoms with Gasteiger partial charge in [0.25, 0.3) is 15.6 Å². The van der Waals surface area contributed by atoms with Gasteiger partial charge in [0.2, 0.25) is 5.88 Å². The summed E-state index contributed by atoms with van der Waals surface area (Å²) in [6, 6.07) is 9.33. The second kappa shape index (κ2) is 7.47. The third-order valence-corrected chi connectivity index (χ3v) is 7.11. The number of rotatable bonds is 5. The Hall–Kier alpha value is -2.95. The smallest absolute Gasteiger partial charge is 0.271 e. The summed E-state index contributed by atoms with van der Waals surface area (Å²) in [7, 11) is -2.47. The summed E-state index contributed by atoms with van der Waals surface area (Å²) < 4.78 is 34.8. The van der Waals surface area contributed by atoms with Gasteiger partial charge in [0.15, 0.2) is 0 Å². The summed E-state index contributed by atoms with van der Waals surface area (Å²) in [6.45, 7) is 0. The molecule has 4 heterocycles. The molecule has 4 aromatic heterocycles. The van der Waals surface area contributed by atoms with Crippen molar-refractivity contribution < 1.29 is 13.2 Å². The van der Waals surface area contributed by atoms with Crippen molar-refractivity contribution in [3.63, 3.8) is 0 Å². The van der Waals surface area contributed by atoms with Crippen LogP contribution in [0.25, 0.3) is 16.8 Å². The highest BCUT2D eigenvalue weighted by molar-refractivity contribution is 7.94. The summed E-state index contributed by atoms with van der Waals surface area (Å²) >= 11 is 6.79. The van der Waals surface area contributed by atoms with Crippen molar-refractivity contribution in [2.24, 2.45) is 0 Å². The molecule has 0 amide bonds. The molecular formula is C18H13ClN4O4S2. The maximum absolute atomic E-state index is 12.7. The first-order valence-electron chi connectivity index (χ1n) is 8.17. The molecule has 148 valence electrons. The van der Waals surface area contributed by atoms with Crippen LogP contribution in [0.5, 0.6) is 5.88 Å². The van der Waals surface area contributed by atoms with Crippen LogP contribution in [0.3, 0.4) is 0 Å². The van der Waals surface area contributed by atoms with Crippen LogP contribution in [0.1, 0.15) is 0 Å². The average Bonchev–Trinajstić information content (AvgIpc) is 3.15. The molecule has 0 unspecified atom stereocenters. The minimum atomic E-state index is -3.87. The van der Waals surface area contributed by atoms with Crippen LogP contribution in [0, 0.1) is 0 Å². The molecule has 0 aliphatic carbocycles. The molecule has 0 aliphatic rings. The zero-order chi connectivity index (χ0) is 20.6. The van der Waals surface area contributed by atoms with Gasteiger partial charge in [-0.2, -0.15) is 0 Å². The van der Waals surface area contributed by atoms with E-state index in [2.05, 4.69) is 14.7 Å². The molecule has 0 atom stereocenters. The molecule has 0 aromatic carbocycles. The van der Waals surface area contributed by atoms with Crippen LogP contribution in [-0.2, 0) is 10.0 Å². The SMILES string of the molecule is COc1ncc(-c2ccc3nccc(=O)n3c2)cc1NS(=O)(=O)c1ccc(Cl)s1. The van der Waals surface area contributed by atoms with Gasteiger partial charge < -0.3 is 4.74 Å². The first kappa shape index (κ1) is 19.4. The number of halogens is 1. The van der Waals surface area contributed by atoms with Gasteiger partial charge in [-0.15, -0.1) is 11.3 Å². The van der Waals surface area contributed by atoms with Gasteiger partial charge in [-0.1, -0.05) is 11.6 Å². The molecule has 8 nitrogen and oxygen atoms in total. The first-order valence-corrected chi connectivity index (χ1v) is 10.9. The second-order valence-corrected chi connectivity index (χ2v) is 9.50. The van der Waals surface area contributed by atoms with Gasteiger partial charge in [0, 0.05) is 35.8 Å². The normalized spacial score (nSPS) is 11.5. The second-order valence-electron chi connectivity index (χ2n) is 5.87. The number of ether oxygens (including phenoxy) is 1. The van der Waals surface area contributed by atoms with E-state index in [9.17, 15) is 13.2 Å². The van der Waals surface area contributed by atoms with E-state index in [4.69, 9.17) is 16.3 Å². The number of nitrogens with one attached hydrogen (secondary N) is 1. The number of thiophene rings is 1. The first-order chi connectivity index (χ1) is 13.9. The van der Waals surface area contributed by atoms with Gasteiger partial charge in [-0.05, 0) is 30.3 Å². The van der Waals surface area contributed by atoms with Crippen molar-refractivity contribution in [3.8, 4) is 17.0 Å². The third kappa shape index (κ3) is 3.82. The van der Waals surface area contributed by atoms with Gasteiger partial charge in [0.1, 0.15) is 15.5 Å². The van der Waals surface area contributed by atoms with Crippen molar-refractivity contribution >= 4 is 44.3 Å². The van der Waals surface area contributed by atoms with Crippen LogP contribution in [0.4, 0.5) is 5.69 Å². The lowest BCUT2D eigenvalue weighted by molar-refractivity contribution is 0.400. The molecule has 0 saturated carbocycles. The Morgan fingerprint density at radius 1 is 1.14 bits per heavy atom. The quantitative estimate of drug-likeness (QED) is 0.502. The lowest BCUT2D eigenvalue weighted by Gasteiger charge is -2.12. The molecule has 1 N–H and O–H groups in total. The summed E-state index contributed by atoms with van der Waals surface area (Å²) in [5.41, 5.74) is 1.67. The summed E-state index contributed by atoms with van der Waals surface area (Å²) in [5.74, 6) is 0.111. The highest BCUT2D eigenvalue weighted by Gasteiger charge is 2.20. The number of pyridine rings is 2. The van der Waals surface area contributed by atoms with Gasteiger partial charge in [-0.25, -0.2) is 18.4 Å². The fraction of sp³-hybridized carbons (Fsp3) is 0.0556. The van der Waals surface area contributed by atoms with Crippen LogP contribution in [-0.4, -0.2) is 29.9 Å².